The number of benzene rings is 1. The topological polar surface area (TPSA) is 124 Å². The highest BCUT2D eigenvalue weighted by molar-refractivity contribution is 6.10. The van der Waals surface area contributed by atoms with Gasteiger partial charge in [-0.3, -0.25) is 4.99 Å². The monoisotopic (exact) mass is 483 g/mol. The minimum absolute atomic E-state index is 0.0570. The Balaban J connectivity index is 1.88. The maximum Gasteiger partial charge on any atom is 0.418 e. The molecule has 3 aromatic rings. The van der Waals surface area contributed by atoms with Crippen molar-refractivity contribution in [3.05, 3.63) is 77.6 Å². The number of hydrogen-bond acceptors (Lipinski definition) is 7. The summed E-state index contributed by atoms with van der Waals surface area (Å²) in [5.74, 6) is -2.14. The van der Waals surface area contributed by atoms with Gasteiger partial charge in [0.1, 0.15) is 29.7 Å². The number of anilines is 1. The van der Waals surface area contributed by atoms with E-state index in [2.05, 4.69) is 25.4 Å². The molecule has 0 bridgehead atoms. The molecule has 3 rings (SSSR count). The summed E-state index contributed by atoms with van der Waals surface area (Å²) >= 11 is 0. The molecule has 5 N–H and O–H groups in total. The van der Waals surface area contributed by atoms with Crippen molar-refractivity contribution >= 4 is 17.2 Å². The number of alkyl halides is 3. The first-order valence-electron chi connectivity index (χ1n) is 9.75. The number of nitrogens with zero attached hydrogens (tertiary/aromatic N) is 3. The third-order valence-electron chi connectivity index (χ3n) is 4.64. The molecule has 8 nitrogen and oxygen atoms in total. The fourth-order valence-corrected chi connectivity index (χ4v) is 2.58. The number of halogens is 5. The summed E-state index contributed by atoms with van der Waals surface area (Å²) in [7, 11) is 0. The van der Waals surface area contributed by atoms with Crippen LogP contribution in [0.2, 0.25) is 0 Å². The number of aromatic amines is 1. The second-order valence-corrected chi connectivity index (χ2v) is 7.35. The maximum absolute atomic E-state index is 14.1. The quantitative estimate of drug-likeness (QED) is 0.334. The minimum Gasteiger partial charge on any atom is -0.392 e. The molecule has 1 unspecified atom stereocenters. The summed E-state index contributed by atoms with van der Waals surface area (Å²) in [6.45, 7) is -0.571. The number of nitrogens with two attached hydrogens (primary N) is 1. The third-order valence-corrected chi connectivity index (χ3v) is 4.64. The van der Waals surface area contributed by atoms with E-state index < -0.39 is 35.8 Å². The van der Waals surface area contributed by atoms with Crippen LogP contribution in [0.5, 0.6) is 0 Å². The minimum atomic E-state index is -4.94. The first-order chi connectivity index (χ1) is 16.0. The molecule has 0 aliphatic carbocycles. The zero-order chi connectivity index (χ0) is 24.9. The largest absolute Gasteiger partial charge is 0.418 e. The number of aromatic nitrogens is 3. The highest BCUT2D eigenvalue weighted by Crippen LogP contribution is 2.30. The van der Waals surface area contributed by atoms with Crippen LogP contribution in [0.1, 0.15) is 24.0 Å². The molecule has 13 heteroatoms. The molecule has 1 aromatic carbocycles. The SMILES string of the molecule is CC(O)(CNc1nc(C(N)=CC(=NCc2ccccc2F)c2ccon2)[nH+]cc1F)C(F)(F)F. The van der Waals surface area contributed by atoms with Crippen LogP contribution in [0.3, 0.4) is 0 Å². The lowest BCUT2D eigenvalue weighted by Crippen LogP contribution is -2.48. The van der Waals surface area contributed by atoms with Crippen molar-refractivity contribution in [2.75, 3.05) is 11.9 Å². The zero-order valence-corrected chi connectivity index (χ0v) is 17.7. The average Bonchev–Trinajstić information content (AvgIpc) is 3.31. The van der Waals surface area contributed by atoms with Crippen molar-refractivity contribution < 1.29 is 36.6 Å². The maximum atomic E-state index is 14.1. The van der Waals surface area contributed by atoms with E-state index in [0.717, 1.165) is 6.20 Å². The van der Waals surface area contributed by atoms with Gasteiger partial charge in [-0.05, 0) is 24.1 Å². The first-order valence-corrected chi connectivity index (χ1v) is 9.75. The van der Waals surface area contributed by atoms with Crippen LogP contribution in [0, 0.1) is 11.6 Å². The molecule has 2 heterocycles. The Kier molecular flexibility index (Phi) is 7.25. The van der Waals surface area contributed by atoms with Crippen LogP contribution >= 0.6 is 0 Å². The molecule has 2 aromatic heterocycles. The van der Waals surface area contributed by atoms with Gasteiger partial charge in [0.25, 0.3) is 5.82 Å². The fourth-order valence-electron chi connectivity index (χ4n) is 2.58. The number of H-pyrrole nitrogens is 1. The van der Waals surface area contributed by atoms with Gasteiger partial charge in [0.15, 0.2) is 5.60 Å². The molecule has 0 saturated carbocycles. The van der Waals surface area contributed by atoms with Gasteiger partial charge >= 0.3 is 12.0 Å². The van der Waals surface area contributed by atoms with E-state index >= 15 is 0 Å². The lowest BCUT2D eigenvalue weighted by molar-refractivity contribution is -0.389. The van der Waals surface area contributed by atoms with Crippen molar-refractivity contribution in [1.82, 2.24) is 10.1 Å². The van der Waals surface area contributed by atoms with E-state index in [0.29, 0.717) is 12.5 Å². The van der Waals surface area contributed by atoms with Crippen molar-refractivity contribution in [1.29, 1.82) is 0 Å². The van der Waals surface area contributed by atoms with Crippen LogP contribution in [-0.2, 0) is 6.54 Å². The standard InChI is InChI=1S/C21H19F5N6O2/c1-20(33,21(24,25)26)11-30-18-14(23)10-29-19(31-18)15(27)8-17(16-6-7-34-32-16)28-9-12-4-2-3-5-13(12)22/h2-8,10,33H,9,11,27H2,1H3,(H,29,30,31)/p+1. The van der Waals surface area contributed by atoms with E-state index in [1.165, 1.54) is 30.5 Å². The van der Waals surface area contributed by atoms with Crippen LogP contribution in [0.15, 0.2) is 58.4 Å². The molecule has 0 radical (unpaired) electrons. The molecule has 0 amide bonds. The van der Waals surface area contributed by atoms with Gasteiger partial charge in [-0.2, -0.15) is 17.6 Å². The molecule has 180 valence electrons. The van der Waals surface area contributed by atoms with Crippen LogP contribution in [0.25, 0.3) is 5.70 Å². The van der Waals surface area contributed by atoms with Gasteiger partial charge in [-0.15, -0.1) is 0 Å². The van der Waals surface area contributed by atoms with Gasteiger partial charge in [-0.1, -0.05) is 23.4 Å². The van der Waals surface area contributed by atoms with E-state index in [9.17, 15) is 27.1 Å². The fraction of sp³-hybridized carbons (Fsp3) is 0.238. The Bertz CT molecular complexity index is 1190. The lowest BCUT2D eigenvalue weighted by atomic mass is 10.1. The Labute approximate surface area is 190 Å². The van der Waals surface area contributed by atoms with E-state index in [1.807, 2.05) is 0 Å². The van der Waals surface area contributed by atoms with Gasteiger partial charge < -0.3 is 20.7 Å². The van der Waals surface area contributed by atoms with Crippen LogP contribution in [-0.4, -0.2) is 39.3 Å². The molecule has 1 atom stereocenters. The second-order valence-electron chi connectivity index (χ2n) is 7.35. The van der Waals surface area contributed by atoms with Crippen molar-refractivity contribution in [2.24, 2.45) is 10.7 Å². The Hall–Kier alpha value is -3.87. The van der Waals surface area contributed by atoms with Gasteiger partial charge in [0, 0.05) is 11.6 Å². The number of nitrogens with one attached hydrogen (secondary N) is 2. The molecule has 0 aliphatic rings. The molecule has 0 aliphatic heterocycles. The van der Waals surface area contributed by atoms with Gasteiger partial charge in [0.2, 0.25) is 5.82 Å². The normalized spacial score (nSPS) is 14.7. The third kappa shape index (κ3) is 5.92. The average molecular weight is 483 g/mol. The van der Waals surface area contributed by atoms with Gasteiger partial charge in [0.05, 0.1) is 18.8 Å². The Morgan fingerprint density at radius 3 is 2.62 bits per heavy atom. The summed E-state index contributed by atoms with van der Waals surface area (Å²) in [6.07, 6.45) is -1.51. The Morgan fingerprint density at radius 2 is 1.97 bits per heavy atom. The summed E-state index contributed by atoms with van der Waals surface area (Å²) in [5.41, 5.74) is 3.60. The lowest BCUT2D eigenvalue weighted by Gasteiger charge is -2.25. The van der Waals surface area contributed by atoms with E-state index in [1.54, 1.807) is 12.1 Å². The van der Waals surface area contributed by atoms with Crippen LogP contribution < -0.4 is 16.0 Å². The molecule has 0 fully saturated rings. The predicted octanol–water partition coefficient (Wildman–Crippen LogP) is 2.88. The number of aliphatic imine (C=N–C) groups is 1. The summed E-state index contributed by atoms with van der Waals surface area (Å²) < 4.78 is 71.4. The Morgan fingerprint density at radius 1 is 1.24 bits per heavy atom. The summed E-state index contributed by atoms with van der Waals surface area (Å²) in [6, 6.07) is 7.50. The smallest absolute Gasteiger partial charge is 0.392 e. The van der Waals surface area contributed by atoms with Crippen molar-refractivity contribution in [2.45, 2.75) is 25.2 Å². The zero-order valence-electron chi connectivity index (χ0n) is 17.7. The molecular weight excluding hydrogens is 463 g/mol. The summed E-state index contributed by atoms with van der Waals surface area (Å²) in [4.78, 5) is 10.6. The van der Waals surface area contributed by atoms with Crippen LogP contribution in [0.4, 0.5) is 27.8 Å². The molecular formula is C21H20F5N6O2+. The number of allylic oxidation sites excluding steroid dienone is 1. The van der Waals surface area contributed by atoms with E-state index in [-0.39, 0.29) is 29.5 Å². The number of hydrogen-bond donors (Lipinski definition) is 3. The molecule has 0 spiro atoms. The second kappa shape index (κ2) is 9.95. The van der Waals surface area contributed by atoms with Crippen molar-refractivity contribution in [3.63, 3.8) is 0 Å². The highest BCUT2D eigenvalue weighted by atomic mass is 19.4. The highest BCUT2D eigenvalue weighted by Gasteiger charge is 2.50. The first kappa shape index (κ1) is 24.8. The molecule has 34 heavy (non-hydrogen) atoms. The van der Waals surface area contributed by atoms with Crippen molar-refractivity contribution in [3.8, 4) is 0 Å². The van der Waals surface area contributed by atoms with Gasteiger partial charge in [-0.25, -0.2) is 9.37 Å². The summed E-state index contributed by atoms with van der Waals surface area (Å²) in [5, 5.41) is 15.4. The van der Waals surface area contributed by atoms with E-state index in [4.69, 9.17) is 10.3 Å². The number of rotatable bonds is 8. The predicted molar refractivity (Wildman–Crippen MR) is 111 cm³/mol. The number of aliphatic hydroxyl groups is 1. The molecule has 0 saturated heterocycles.